The minimum absolute atomic E-state index is 1.23. The van der Waals surface area contributed by atoms with Crippen LogP contribution in [0.1, 0.15) is 31.2 Å². The van der Waals surface area contributed by atoms with Crippen molar-refractivity contribution < 1.29 is 0 Å². The Balaban J connectivity index is 1.73. The van der Waals surface area contributed by atoms with Crippen molar-refractivity contribution >= 4 is 0 Å². The maximum atomic E-state index is 2.38. The number of benzene rings is 1. The van der Waals surface area contributed by atoms with E-state index in [0.29, 0.717) is 0 Å². The molecule has 1 aromatic carbocycles. The van der Waals surface area contributed by atoms with E-state index in [1.807, 2.05) is 0 Å². The van der Waals surface area contributed by atoms with Crippen molar-refractivity contribution in [3.05, 3.63) is 47.5 Å². The van der Waals surface area contributed by atoms with Crippen LogP contribution in [0.15, 0.2) is 42.0 Å². The summed E-state index contributed by atoms with van der Waals surface area (Å²) in [4.78, 5) is 0. The highest BCUT2D eigenvalue weighted by Gasteiger charge is 2.04. The first kappa shape index (κ1) is 8.55. The van der Waals surface area contributed by atoms with E-state index in [2.05, 4.69) is 36.4 Å². The van der Waals surface area contributed by atoms with Gasteiger partial charge in [0.2, 0.25) is 0 Å². The van der Waals surface area contributed by atoms with Gasteiger partial charge in [-0.1, -0.05) is 42.0 Å². The third kappa shape index (κ3) is 2.45. The van der Waals surface area contributed by atoms with Gasteiger partial charge in [-0.05, 0) is 37.7 Å². The first-order valence-electron chi connectivity index (χ1n) is 5.17. The molecule has 0 unspecified atom stereocenters. The van der Waals surface area contributed by atoms with Crippen LogP contribution in [0.3, 0.4) is 0 Å². The van der Waals surface area contributed by atoms with Gasteiger partial charge in [-0.15, -0.1) is 0 Å². The van der Waals surface area contributed by atoms with Crippen molar-refractivity contribution in [3.8, 4) is 0 Å². The van der Waals surface area contributed by atoms with Crippen LogP contribution in [0.25, 0.3) is 0 Å². The molecule has 0 fully saturated rings. The molecular weight excluding hydrogens is 156 g/mol. The van der Waals surface area contributed by atoms with Gasteiger partial charge in [-0.2, -0.15) is 0 Å². The average Bonchev–Trinajstić information content (AvgIpc) is 2.11. The Morgan fingerprint density at radius 3 is 2.38 bits per heavy atom. The van der Waals surface area contributed by atoms with Crippen LogP contribution in [0, 0.1) is 0 Å². The standard InChI is InChI=1S/C13H16/c1-2-6-12(7-3-1)8-4-9-13-10-5-11-13/h1-3,6-7,10H,4-5,8-9,11H2. The molecule has 0 radical (unpaired) electrons. The second-order valence-electron chi connectivity index (χ2n) is 3.74. The van der Waals surface area contributed by atoms with Crippen molar-refractivity contribution in [1.82, 2.24) is 0 Å². The zero-order chi connectivity index (χ0) is 8.93. The Hall–Kier alpha value is -1.04. The fourth-order valence-electron chi connectivity index (χ4n) is 1.74. The predicted octanol–water partition coefficient (Wildman–Crippen LogP) is 3.73. The number of allylic oxidation sites excluding steroid dienone is 2. The molecule has 0 N–H and O–H groups in total. The van der Waals surface area contributed by atoms with Crippen LogP contribution in [-0.4, -0.2) is 0 Å². The van der Waals surface area contributed by atoms with Crippen molar-refractivity contribution in [1.29, 1.82) is 0 Å². The lowest BCUT2D eigenvalue weighted by atomic mass is 9.93. The van der Waals surface area contributed by atoms with E-state index in [-0.39, 0.29) is 0 Å². The van der Waals surface area contributed by atoms with Gasteiger partial charge in [-0.25, -0.2) is 0 Å². The van der Waals surface area contributed by atoms with Crippen LogP contribution < -0.4 is 0 Å². The van der Waals surface area contributed by atoms with E-state index < -0.39 is 0 Å². The molecule has 1 aliphatic carbocycles. The zero-order valence-corrected chi connectivity index (χ0v) is 8.00. The van der Waals surface area contributed by atoms with Gasteiger partial charge in [0, 0.05) is 0 Å². The molecule has 0 bridgehead atoms. The number of aryl methyl sites for hydroxylation is 1. The second kappa shape index (κ2) is 4.27. The van der Waals surface area contributed by atoms with E-state index in [1.165, 1.54) is 37.7 Å². The van der Waals surface area contributed by atoms with Crippen LogP contribution in [0.5, 0.6) is 0 Å². The predicted molar refractivity (Wildman–Crippen MR) is 56.7 cm³/mol. The summed E-state index contributed by atoms with van der Waals surface area (Å²) in [6.45, 7) is 0. The largest absolute Gasteiger partial charge is 0.0850 e. The summed E-state index contributed by atoms with van der Waals surface area (Å²) in [5.41, 5.74) is 3.15. The van der Waals surface area contributed by atoms with E-state index in [4.69, 9.17) is 0 Å². The Morgan fingerprint density at radius 2 is 1.77 bits per heavy atom. The number of hydrogen-bond donors (Lipinski definition) is 0. The van der Waals surface area contributed by atoms with E-state index >= 15 is 0 Å². The van der Waals surface area contributed by atoms with Gasteiger partial charge in [-0.3, -0.25) is 0 Å². The van der Waals surface area contributed by atoms with Gasteiger partial charge in [0.05, 0.1) is 0 Å². The van der Waals surface area contributed by atoms with Crippen molar-refractivity contribution in [2.24, 2.45) is 0 Å². The lowest BCUT2D eigenvalue weighted by Gasteiger charge is -2.13. The summed E-state index contributed by atoms with van der Waals surface area (Å²) in [6, 6.07) is 10.8. The molecule has 0 atom stereocenters. The van der Waals surface area contributed by atoms with Crippen LogP contribution in [0.4, 0.5) is 0 Å². The molecule has 68 valence electrons. The lowest BCUT2D eigenvalue weighted by Crippen LogP contribution is -1.94. The third-order valence-corrected chi connectivity index (χ3v) is 2.70. The summed E-state index contributed by atoms with van der Waals surface area (Å²) in [5.74, 6) is 0. The van der Waals surface area contributed by atoms with Gasteiger partial charge in [0.25, 0.3) is 0 Å². The zero-order valence-electron chi connectivity index (χ0n) is 8.00. The van der Waals surface area contributed by atoms with Gasteiger partial charge in [0.1, 0.15) is 0 Å². The van der Waals surface area contributed by atoms with Crippen molar-refractivity contribution in [2.75, 3.05) is 0 Å². The SMILES string of the molecule is C1=C(CCCc2ccccc2)CC1. The highest BCUT2D eigenvalue weighted by molar-refractivity contribution is 5.16. The van der Waals surface area contributed by atoms with Crippen LogP contribution in [0.2, 0.25) is 0 Å². The highest BCUT2D eigenvalue weighted by atomic mass is 14.1. The second-order valence-corrected chi connectivity index (χ2v) is 3.74. The minimum atomic E-state index is 1.23. The Labute approximate surface area is 80.3 Å². The first-order valence-corrected chi connectivity index (χ1v) is 5.17. The average molecular weight is 172 g/mol. The minimum Gasteiger partial charge on any atom is -0.0850 e. The molecular formula is C13H16. The van der Waals surface area contributed by atoms with Crippen LogP contribution in [-0.2, 0) is 6.42 Å². The molecule has 2 rings (SSSR count). The van der Waals surface area contributed by atoms with E-state index in [0.717, 1.165) is 0 Å². The normalized spacial score (nSPS) is 14.9. The summed E-state index contributed by atoms with van der Waals surface area (Å²) in [6.07, 6.45) is 8.92. The fourth-order valence-corrected chi connectivity index (χ4v) is 1.74. The summed E-state index contributed by atoms with van der Waals surface area (Å²) in [5, 5.41) is 0. The highest BCUT2D eigenvalue weighted by Crippen LogP contribution is 2.23. The smallest absolute Gasteiger partial charge is 0.0276 e. The van der Waals surface area contributed by atoms with Crippen molar-refractivity contribution in [2.45, 2.75) is 32.1 Å². The molecule has 13 heavy (non-hydrogen) atoms. The fraction of sp³-hybridized carbons (Fsp3) is 0.385. The topological polar surface area (TPSA) is 0 Å². The number of hydrogen-bond acceptors (Lipinski definition) is 0. The molecule has 0 amide bonds. The van der Waals surface area contributed by atoms with Crippen molar-refractivity contribution in [3.63, 3.8) is 0 Å². The molecule has 0 heteroatoms. The summed E-state index contributed by atoms with van der Waals surface area (Å²) >= 11 is 0. The monoisotopic (exact) mass is 172 g/mol. The van der Waals surface area contributed by atoms with E-state index in [1.54, 1.807) is 5.57 Å². The van der Waals surface area contributed by atoms with E-state index in [9.17, 15) is 0 Å². The Kier molecular flexibility index (Phi) is 2.81. The molecule has 0 nitrogen and oxygen atoms in total. The molecule has 0 aromatic heterocycles. The maximum absolute atomic E-state index is 2.38. The first-order chi connectivity index (χ1) is 6.45. The maximum Gasteiger partial charge on any atom is -0.0276 e. The number of rotatable bonds is 4. The molecule has 1 aromatic rings. The third-order valence-electron chi connectivity index (χ3n) is 2.70. The molecule has 0 saturated heterocycles. The quantitative estimate of drug-likeness (QED) is 0.607. The van der Waals surface area contributed by atoms with Gasteiger partial charge in [0.15, 0.2) is 0 Å². The summed E-state index contributed by atoms with van der Waals surface area (Å²) in [7, 11) is 0. The van der Waals surface area contributed by atoms with Crippen LogP contribution >= 0.6 is 0 Å². The molecule has 0 heterocycles. The Morgan fingerprint density at radius 1 is 1.00 bits per heavy atom. The molecule has 1 aliphatic rings. The molecule has 0 spiro atoms. The van der Waals surface area contributed by atoms with Gasteiger partial charge < -0.3 is 0 Å². The Bertz CT molecular complexity index is 282. The molecule has 0 saturated carbocycles. The lowest BCUT2D eigenvalue weighted by molar-refractivity contribution is 0.727. The van der Waals surface area contributed by atoms with Gasteiger partial charge >= 0.3 is 0 Å². The molecule has 0 aliphatic heterocycles. The summed E-state index contributed by atoms with van der Waals surface area (Å²) < 4.78 is 0.